The first-order valence-electron chi connectivity index (χ1n) is 7.91. The van der Waals surface area contributed by atoms with E-state index < -0.39 is 36.8 Å². The zero-order chi connectivity index (χ0) is 18.6. The topological polar surface area (TPSA) is 35.6 Å². The van der Waals surface area contributed by atoms with Crippen LogP contribution in [0.5, 0.6) is 0 Å². The number of nitrogens with zero attached hydrogens (tertiary/aromatic N) is 2. The van der Waals surface area contributed by atoms with Crippen LogP contribution in [0.4, 0.5) is 32.4 Å². The number of carbonyl (C=O) groups is 1. The van der Waals surface area contributed by atoms with Crippen molar-refractivity contribution in [1.29, 1.82) is 0 Å². The van der Waals surface area contributed by atoms with E-state index in [2.05, 4.69) is 5.32 Å². The highest BCUT2D eigenvalue weighted by molar-refractivity contribution is 5.73. The molecule has 25 heavy (non-hydrogen) atoms. The summed E-state index contributed by atoms with van der Waals surface area (Å²) in [6.45, 7) is 1.10. The molecule has 0 radical (unpaired) electrons. The fourth-order valence-electron chi connectivity index (χ4n) is 2.68. The average Bonchev–Trinajstić information content (AvgIpc) is 3.01. The minimum Gasteiger partial charge on any atom is -0.371 e. The number of anilines is 1. The maximum Gasteiger partial charge on any atom is 0.390 e. The van der Waals surface area contributed by atoms with Gasteiger partial charge in [0.1, 0.15) is 0 Å². The Bertz CT molecular complexity index is 608. The summed E-state index contributed by atoms with van der Waals surface area (Å²) in [6, 6.07) is 3.12. The lowest BCUT2D eigenvalue weighted by Gasteiger charge is -2.21. The van der Waals surface area contributed by atoms with Gasteiger partial charge in [0.25, 0.3) is 0 Å². The molecule has 2 rings (SSSR count). The molecule has 1 heterocycles. The van der Waals surface area contributed by atoms with E-state index in [4.69, 9.17) is 0 Å². The first kappa shape index (κ1) is 19.3. The van der Waals surface area contributed by atoms with Gasteiger partial charge in [0.15, 0.2) is 11.6 Å². The molecule has 1 unspecified atom stereocenters. The molecule has 1 aromatic carbocycles. The average molecular weight is 365 g/mol. The Balaban J connectivity index is 1.77. The minimum atomic E-state index is -4.30. The lowest BCUT2D eigenvalue weighted by atomic mass is 10.1. The van der Waals surface area contributed by atoms with Crippen molar-refractivity contribution in [3.63, 3.8) is 0 Å². The van der Waals surface area contributed by atoms with E-state index in [1.54, 1.807) is 0 Å². The van der Waals surface area contributed by atoms with Gasteiger partial charge in [-0.3, -0.25) is 0 Å². The fraction of sp³-hybridized carbons (Fsp3) is 0.562. The Labute approximate surface area is 142 Å². The van der Waals surface area contributed by atoms with Crippen LogP contribution in [0, 0.1) is 17.6 Å². The third-order valence-electron chi connectivity index (χ3n) is 4.17. The van der Waals surface area contributed by atoms with E-state index in [-0.39, 0.29) is 5.92 Å². The number of rotatable bonds is 5. The van der Waals surface area contributed by atoms with Gasteiger partial charge in [-0.2, -0.15) is 13.2 Å². The molecular weight excluding hydrogens is 345 g/mol. The third kappa shape index (κ3) is 5.75. The Hall–Kier alpha value is -2.06. The molecule has 1 atom stereocenters. The van der Waals surface area contributed by atoms with Crippen LogP contribution in [0.1, 0.15) is 12.8 Å². The largest absolute Gasteiger partial charge is 0.390 e. The van der Waals surface area contributed by atoms with Crippen molar-refractivity contribution in [2.45, 2.75) is 19.0 Å². The number of hydrogen-bond acceptors (Lipinski definition) is 2. The van der Waals surface area contributed by atoms with E-state index in [1.807, 2.05) is 4.90 Å². The van der Waals surface area contributed by atoms with E-state index in [0.29, 0.717) is 25.3 Å². The summed E-state index contributed by atoms with van der Waals surface area (Å²) in [4.78, 5) is 14.7. The smallest absolute Gasteiger partial charge is 0.371 e. The maximum atomic E-state index is 13.3. The molecule has 140 valence electrons. The van der Waals surface area contributed by atoms with E-state index in [0.717, 1.165) is 23.5 Å². The fourth-order valence-corrected chi connectivity index (χ4v) is 2.68. The number of nitrogens with one attached hydrogen (secondary N) is 1. The highest BCUT2D eigenvalue weighted by Gasteiger charge is 2.28. The molecule has 4 nitrogen and oxygen atoms in total. The van der Waals surface area contributed by atoms with Crippen LogP contribution < -0.4 is 10.2 Å². The van der Waals surface area contributed by atoms with Gasteiger partial charge in [0.2, 0.25) is 0 Å². The second kappa shape index (κ2) is 7.88. The van der Waals surface area contributed by atoms with Gasteiger partial charge < -0.3 is 15.1 Å². The molecule has 0 spiro atoms. The number of alkyl halides is 3. The molecule has 1 N–H and O–H groups in total. The summed E-state index contributed by atoms with van der Waals surface area (Å²) in [5.74, 6) is -1.73. The van der Waals surface area contributed by atoms with Crippen LogP contribution >= 0.6 is 0 Å². The van der Waals surface area contributed by atoms with Crippen molar-refractivity contribution < 1.29 is 26.7 Å². The van der Waals surface area contributed by atoms with Crippen molar-refractivity contribution in [2.24, 2.45) is 5.92 Å². The molecule has 0 bridgehead atoms. The first-order chi connectivity index (χ1) is 11.7. The van der Waals surface area contributed by atoms with E-state index in [9.17, 15) is 26.7 Å². The van der Waals surface area contributed by atoms with Gasteiger partial charge in [0, 0.05) is 45.0 Å². The summed E-state index contributed by atoms with van der Waals surface area (Å²) in [5, 5.41) is 2.61. The normalized spacial score (nSPS) is 17.7. The van der Waals surface area contributed by atoms with Crippen LogP contribution in [0.3, 0.4) is 0 Å². The van der Waals surface area contributed by atoms with Gasteiger partial charge >= 0.3 is 12.2 Å². The van der Waals surface area contributed by atoms with Crippen LogP contribution in [0.2, 0.25) is 0 Å². The molecule has 1 aliphatic heterocycles. The van der Waals surface area contributed by atoms with Gasteiger partial charge in [-0.05, 0) is 24.5 Å². The zero-order valence-corrected chi connectivity index (χ0v) is 13.7. The SMILES string of the molecule is CN(CCC(F)(F)F)C(=O)NCC1CCN(c2ccc(F)c(F)c2)C1. The molecular formula is C16H20F5N3O. The van der Waals surface area contributed by atoms with Gasteiger partial charge in [-0.1, -0.05) is 0 Å². The van der Waals surface area contributed by atoms with Gasteiger partial charge in [-0.25, -0.2) is 13.6 Å². The lowest BCUT2D eigenvalue weighted by molar-refractivity contribution is -0.136. The van der Waals surface area contributed by atoms with Gasteiger partial charge in [0.05, 0.1) is 6.42 Å². The Morgan fingerprint density at radius 2 is 2.04 bits per heavy atom. The highest BCUT2D eigenvalue weighted by atomic mass is 19.4. The Morgan fingerprint density at radius 1 is 1.32 bits per heavy atom. The molecule has 0 saturated carbocycles. The second-order valence-corrected chi connectivity index (χ2v) is 6.17. The summed E-state index contributed by atoms with van der Waals surface area (Å²) >= 11 is 0. The zero-order valence-electron chi connectivity index (χ0n) is 13.7. The van der Waals surface area contributed by atoms with Crippen molar-refractivity contribution in [2.75, 3.05) is 38.1 Å². The number of urea groups is 1. The number of halogens is 5. The number of hydrogen-bond donors (Lipinski definition) is 1. The van der Waals surface area contributed by atoms with Gasteiger partial charge in [-0.15, -0.1) is 0 Å². The van der Waals surface area contributed by atoms with Crippen molar-refractivity contribution >= 4 is 11.7 Å². The van der Waals surface area contributed by atoms with Crippen molar-refractivity contribution in [1.82, 2.24) is 10.2 Å². The predicted octanol–water partition coefficient (Wildman–Crippen LogP) is 3.38. The van der Waals surface area contributed by atoms with Crippen LogP contribution in [-0.4, -0.2) is 50.3 Å². The molecule has 9 heteroatoms. The Morgan fingerprint density at radius 3 is 2.68 bits per heavy atom. The highest BCUT2D eigenvalue weighted by Crippen LogP contribution is 2.25. The van der Waals surface area contributed by atoms with E-state index >= 15 is 0 Å². The summed E-state index contributed by atoms with van der Waals surface area (Å²) in [7, 11) is 1.31. The summed E-state index contributed by atoms with van der Waals surface area (Å²) < 4.78 is 62.7. The number of carbonyl (C=O) groups excluding carboxylic acids is 1. The van der Waals surface area contributed by atoms with Crippen LogP contribution in [0.25, 0.3) is 0 Å². The number of benzene rings is 1. The Kier molecular flexibility index (Phi) is 6.07. The maximum absolute atomic E-state index is 13.3. The summed E-state index contributed by atoms with van der Waals surface area (Å²) in [5.41, 5.74) is 0.565. The molecule has 1 aliphatic rings. The first-order valence-corrected chi connectivity index (χ1v) is 7.91. The minimum absolute atomic E-state index is 0.0908. The predicted molar refractivity (Wildman–Crippen MR) is 83.4 cm³/mol. The van der Waals surface area contributed by atoms with Crippen molar-refractivity contribution in [3.05, 3.63) is 29.8 Å². The van der Waals surface area contributed by atoms with Crippen LogP contribution in [0.15, 0.2) is 18.2 Å². The standard InChI is InChI=1S/C16H20F5N3O/c1-23(7-5-16(19,20)21)15(25)22-9-11-4-6-24(10-11)12-2-3-13(17)14(18)8-12/h2-3,8,11H,4-7,9-10H2,1H3,(H,22,25). The molecule has 0 aliphatic carbocycles. The molecule has 1 fully saturated rings. The molecule has 1 saturated heterocycles. The van der Waals surface area contributed by atoms with Crippen molar-refractivity contribution in [3.8, 4) is 0 Å². The molecule has 1 aromatic rings. The molecule has 0 aromatic heterocycles. The third-order valence-corrected chi connectivity index (χ3v) is 4.17. The number of amides is 2. The quantitative estimate of drug-likeness (QED) is 0.812. The monoisotopic (exact) mass is 365 g/mol. The summed E-state index contributed by atoms with van der Waals surface area (Å²) in [6.07, 6.45) is -4.61. The lowest BCUT2D eigenvalue weighted by Crippen LogP contribution is -2.41. The molecule has 2 amide bonds. The van der Waals surface area contributed by atoms with E-state index in [1.165, 1.54) is 13.1 Å². The second-order valence-electron chi connectivity index (χ2n) is 6.17. The van der Waals surface area contributed by atoms with Crippen LogP contribution in [-0.2, 0) is 0 Å².